The number of nitrogens with one attached hydrogen (secondary N) is 3. The summed E-state index contributed by atoms with van der Waals surface area (Å²) in [7, 11) is 0. The summed E-state index contributed by atoms with van der Waals surface area (Å²) >= 11 is 7.40. The molecule has 1 aliphatic rings. The highest BCUT2D eigenvalue weighted by atomic mass is 35.5. The van der Waals surface area contributed by atoms with Crippen LogP contribution in [-0.2, 0) is 11.2 Å². The van der Waals surface area contributed by atoms with Gasteiger partial charge in [0.05, 0.1) is 16.4 Å². The molecule has 1 unspecified atom stereocenters. The second kappa shape index (κ2) is 7.39. The van der Waals surface area contributed by atoms with Crippen molar-refractivity contribution < 1.29 is 14.3 Å². The zero-order valence-corrected chi connectivity index (χ0v) is 17.9. The number of alkyl carbamates (subject to hydrolysis) is 1. The second-order valence-electron chi connectivity index (χ2n) is 8.12. The Bertz CT molecular complexity index is 1050. The number of hydrogen-bond donors (Lipinski definition) is 3. The normalized spacial score (nSPS) is 18.5. The van der Waals surface area contributed by atoms with Crippen LogP contribution in [0.1, 0.15) is 48.4 Å². The van der Waals surface area contributed by atoms with Gasteiger partial charge in [-0.05, 0) is 50.5 Å². The number of thiophene rings is 1. The highest BCUT2D eigenvalue weighted by molar-refractivity contribution is 7.22. The molecule has 1 aromatic carbocycles. The van der Waals surface area contributed by atoms with E-state index in [9.17, 15) is 9.59 Å². The number of carbonyl (C=O) groups excluding carboxylic acids is 2. The van der Waals surface area contributed by atoms with Crippen molar-refractivity contribution >= 4 is 45.2 Å². The molecule has 6 nitrogen and oxygen atoms in total. The lowest BCUT2D eigenvalue weighted by Gasteiger charge is -2.25. The van der Waals surface area contributed by atoms with Gasteiger partial charge in [-0.15, -0.1) is 11.3 Å². The standard InChI is InChI=1S/C21H22ClN3O3S/c1-21(2,3)28-20(27)25-17-13-7-5-4-6-11(13)8-14(17)23-18(26)15-9-12-10-16(22)29-19(12)24-15/h4-7,9-10,14,17,24H,8H2,1-3H3,(H,23,26)(H,25,27)/t14?,17-/m1/s1. The summed E-state index contributed by atoms with van der Waals surface area (Å²) < 4.78 is 6.09. The van der Waals surface area contributed by atoms with Crippen LogP contribution < -0.4 is 10.6 Å². The molecule has 0 fully saturated rings. The maximum absolute atomic E-state index is 12.8. The van der Waals surface area contributed by atoms with Crippen LogP contribution >= 0.6 is 22.9 Å². The summed E-state index contributed by atoms with van der Waals surface area (Å²) in [5.74, 6) is -0.224. The maximum atomic E-state index is 12.8. The van der Waals surface area contributed by atoms with E-state index in [1.165, 1.54) is 11.3 Å². The number of H-pyrrole nitrogens is 1. The van der Waals surface area contributed by atoms with E-state index in [0.29, 0.717) is 16.5 Å². The number of fused-ring (bicyclic) bond motifs is 2. The molecule has 3 N–H and O–H groups in total. The van der Waals surface area contributed by atoms with Crippen LogP contribution in [0.4, 0.5) is 4.79 Å². The molecule has 8 heteroatoms. The first kappa shape index (κ1) is 19.8. The largest absolute Gasteiger partial charge is 0.444 e. The van der Waals surface area contributed by atoms with Crippen molar-refractivity contribution in [2.75, 3.05) is 0 Å². The van der Waals surface area contributed by atoms with Gasteiger partial charge in [-0.25, -0.2) is 4.79 Å². The summed E-state index contributed by atoms with van der Waals surface area (Å²) in [6.07, 6.45) is 0.122. The van der Waals surface area contributed by atoms with Gasteiger partial charge in [-0.1, -0.05) is 35.9 Å². The van der Waals surface area contributed by atoms with Crippen LogP contribution in [0.2, 0.25) is 4.34 Å². The molecule has 0 saturated heterocycles. The van der Waals surface area contributed by atoms with E-state index in [-0.39, 0.29) is 18.0 Å². The third kappa shape index (κ3) is 4.26. The smallest absolute Gasteiger partial charge is 0.408 e. The lowest BCUT2D eigenvalue weighted by atomic mass is 10.1. The van der Waals surface area contributed by atoms with Crippen molar-refractivity contribution in [1.29, 1.82) is 0 Å². The van der Waals surface area contributed by atoms with Gasteiger partial charge in [0.15, 0.2) is 0 Å². The molecule has 3 aromatic rings. The monoisotopic (exact) mass is 431 g/mol. The van der Waals surface area contributed by atoms with Gasteiger partial charge >= 0.3 is 6.09 Å². The molecule has 0 bridgehead atoms. The van der Waals surface area contributed by atoms with E-state index in [4.69, 9.17) is 16.3 Å². The SMILES string of the molecule is CC(C)(C)OC(=O)N[C@@H]1c2ccccc2CC1NC(=O)c1cc2cc(Cl)sc2[nH]1. The van der Waals surface area contributed by atoms with Gasteiger partial charge in [0.25, 0.3) is 5.91 Å². The van der Waals surface area contributed by atoms with Crippen LogP contribution in [0.25, 0.3) is 10.2 Å². The average molecular weight is 432 g/mol. The number of rotatable bonds is 3. The lowest BCUT2D eigenvalue weighted by molar-refractivity contribution is 0.0491. The molecule has 0 spiro atoms. The Morgan fingerprint density at radius 2 is 1.97 bits per heavy atom. The predicted molar refractivity (Wildman–Crippen MR) is 115 cm³/mol. The van der Waals surface area contributed by atoms with Crippen LogP contribution in [0, 0.1) is 0 Å². The fourth-order valence-corrected chi connectivity index (χ4v) is 4.73. The summed E-state index contributed by atoms with van der Waals surface area (Å²) in [6.45, 7) is 5.45. The minimum atomic E-state index is -0.599. The van der Waals surface area contributed by atoms with E-state index in [1.54, 1.807) is 6.07 Å². The Kier molecular flexibility index (Phi) is 5.04. The van der Waals surface area contributed by atoms with Gasteiger partial charge in [0.1, 0.15) is 16.1 Å². The summed E-state index contributed by atoms with van der Waals surface area (Å²) in [5, 5.41) is 6.89. The Labute approximate surface area is 177 Å². The summed E-state index contributed by atoms with van der Waals surface area (Å²) in [4.78, 5) is 29.2. The average Bonchev–Trinajstić information content (AvgIpc) is 3.25. The fraction of sp³-hybridized carbons (Fsp3) is 0.333. The number of aromatic nitrogens is 1. The molecule has 2 amide bonds. The molecule has 2 aromatic heterocycles. The Hall–Kier alpha value is -2.51. The number of aromatic amines is 1. The van der Waals surface area contributed by atoms with Gasteiger partial charge in [0, 0.05) is 5.39 Å². The topological polar surface area (TPSA) is 83.2 Å². The predicted octanol–water partition coefficient (Wildman–Crippen LogP) is 4.80. The third-order valence-corrected chi connectivity index (χ3v) is 5.94. The van der Waals surface area contributed by atoms with Crippen LogP contribution in [-0.4, -0.2) is 28.6 Å². The van der Waals surface area contributed by atoms with E-state index in [2.05, 4.69) is 15.6 Å². The number of amides is 2. The van der Waals surface area contributed by atoms with Crippen molar-refractivity contribution in [3.8, 4) is 0 Å². The quantitative estimate of drug-likeness (QED) is 0.556. The number of hydrogen-bond acceptors (Lipinski definition) is 4. The second-order valence-corrected chi connectivity index (χ2v) is 9.81. The first-order chi connectivity index (χ1) is 13.7. The van der Waals surface area contributed by atoms with Crippen molar-refractivity contribution in [2.24, 2.45) is 0 Å². The molecular weight excluding hydrogens is 410 g/mol. The first-order valence-electron chi connectivity index (χ1n) is 9.36. The Morgan fingerprint density at radius 3 is 2.69 bits per heavy atom. The Morgan fingerprint density at radius 1 is 1.21 bits per heavy atom. The van der Waals surface area contributed by atoms with Gasteiger partial charge in [0.2, 0.25) is 0 Å². The molecule has 2 heterocycles. The minimum Gasteiger partial charge on any atom is -0.444 e. The van der Waals surface area contributed by atoms with E-state index >= 15 is 0 Å². The van der Waals surface area contributed by atoms with Crippen molar-refractivity contribution in [3.63, 3.8) is 0 Å². The maximum Gasteiger partial charge on any atom is 0.408 e. The van der Waals surface area contributed by atoms with Gasteiger partial charge in [-0.3, -0.25) is 4.79 Å². The molecule has 0 aliphatic heterocycles. The van der Waals surface area contributed by atoms with Crippen molar-refractivity contribution in [3.05, 3.63) is 57.6 Å². The minimum absolute atomic E-state index is 0.224. The molecule has 0 radical (unpaired) electrons. The number of halogens is 1. The first-order valence-corrected chi connectivity index (χ1v) is 10.6. The third-order valence-electron chi connectivity index (χ3n) is 4.74. The molecule has 4 rings (SSSR count). The summed E-state index contributed by atoms with van der Waals surface area (Å²) in [6, 6.07) is 10.8. The number of ether oxygens (including phenoxy) is 1. The summed E-state index contributed by atoms with van der Waals surface area (Å²) in [5.41, 5.74) is 1.95. The van der Waals surface area contributed by atoms with Crippen LogP contribution in [0.5, 0.6) is 0 Å². The van der Waals surface area contributed by atoms with E-state index < -0.39 is 11.7 Å². The zero-order valence-electron chi connectivity index (χ0n) is 16.3. The molecule has 152 valence electrons. The highest BCUT2D eigenvalue weighted by Gasteiger charge is 2.35. The molecule has 1 aliphatic carbocycles. The highest BCUT2D eigenvalue weighted by Crippen LogP contribution is 2.33. The zero-order chi connectivity index (χ0) is 20.8. The van der Waals surface area contributed by atoms with Gasteiger partial charge < -0.3 is 20.4 Å². The molecular formula is C21H22ClN3O3S. The molecule has 0 saturated carbocycles. The molecule has 2 atom stereocenters. The van der Waals surface area contributed by atoms with Crippen LogP contribution in [0.3, 0.4) is 0 Å². The lowest BCUT2D eigenvalue weighted by Crippen LogP contribution is -2.45. The van der Waals surface area contributed by atoms with E-state index in [1.807, 2.05) is 51.1 Å². The van der Waals surface area contributed by atoms with Crippen LogP contribution in [0.15, 0.2) is 36.4 Å². The van der Waals surface area contributed by atoms with Gasteiger partial charge in [-0.2, -0.15) is 0 Å². The van der Waals surface area contributed by atoms with Crippen molar-refractivity contribution in [1.82, 2.24) is 15.6 Å². The Balaban J connectivity index is 1.53. The fourth-order valence-electron chi connectivity index (χ4n) is 3.60. The van der Waals surface area contributed by atoms with Crippen molar-refractivity contribution in [2.45, 2.75) is 44.9 Å². The molecule has 29 heavy (non-hydrogen) atoms. The van der Waals surface area contributed by atoms with E-state index in [0.717, 1.165) is 21.3 Å². The number of carbonyl (C=O) groups is 2. The number of benzene rings is 1.